The van der Waals surface area contributed by atoms with Gasteiger partial charge in [-0.2, -0.15) is 0 Å². The molecular weight excluding hydrogens is 282 g/mol. The Labute approximate surface area is 121 Å². The monoisotopic (exact) mass is 301 g/mol. The molecule has 0 aliphatic carbocycles. The second-order valence-electron chi connectivity index (χ2n) is 3.99. The van der Waals surface area contributed by atoms with Gasteiger partial charge in [0.2, 0.25) is 11.8 Å². The lowest BCUT2D eigenvalue weighted by Gasteiger charge is -2.03. The first-order valence-electron chi connectivity index (χ1n) is 6.14. The van der Waals surface area contributed by atoms with Gasteiger partial charge in [-0.25, -0.2) is 4.98 Å². The summed E-state index contributed by atoms with van der Waals surface area (Å²) in [6.45, 7) is 4.56. The van der Waals surface area contributed by atoms with Crippen LogP contribution >= 0.6 is 23.1 Å². The maximum absolute atomic E-state index is 11.7. The van der Waals surface area contributed by atoms with Crippen LogP contribution in [0.2, 0.25) is 0 Å². The molecule has 0 unspecified atom stereocenters. The predicted molar refractivity (Wildman–Crippen MR) is 79.8 cm³/mol. The molecule has 5 nitrogen and oxygen atoms in total. The number of rotatable bonds is 7. The standard InChI is InChI=1S/C12H19N3O2S2/c1-4-7-13-9(16)5-6-10(17)15-12-14-8(2)11(18-3)19-12/h4-7H2,1-3H3,(H,13,16)(H,14,15,17). The average molecular weight is 301 g/mol. The Hall–Kier alpha value is -1.08. The molecule has 0 saturated heterocycles. The molecule has 106 valence electrons. The van der Waals surface area contributed by atoms with Crippen molar-refractivity contribution in [3.63, 3.8) is 0 Å². The third kappa shape index (κ3) is 5.61. The number of thiazole rings is 1. The second-order valence-corrected chi connectivity index (χ2v) is 6.07. The summed E-state index contributed by atoms with van der Waals surface area (Å²) < 4.78 is 1.09. The Balaban J connectivity index is 2.36. The molecule has 1 rings (SSSR count). The van der Waals surface area contributed by atoms with Crippen molar-refractivity contribution in [3.8, 4) is 0 Å². The molecule has 1 heterocycles. The van der Waals surface area contributed by atoms with Crippen LogP contribution < -0.4 is 10.6 Å². The molecule has 0 aromatic carbocycles. The van der Waals surface area contributed by atoms with Crippen LogP contribution in [0.25, 0.3) is 0 Å². The fourth-order valence-electron chi connectivity index (χ4n) is 1.39. The van der Waals surface area contributed by atoms with E-state index in [1.165, 1.54) is 11.3 Å². The second kappa shape index (κ2) is 8.16. The number of nitrogens with one attached hydrogen (secondary N) is 2. The van der Waals surface area contributed by atoms with E-state index < -0.39 is 0 Å². The summed E-state index contributed by atoms with van der Waals surface area (Å²) in [5.41, 5.74) is 0.925. The molecule has 7 heteroatoms. The summed E-state index contributed by atoms with van der Waals surface area (Å²) in [5, 5.41) is 6.06. The van der Waals surface area contributed by atoms with Gasteiger partial charge in [0, 0.05) is 19.4 Å². The zero-order valence-corrected chi connectivity index (χ0v) is 13.0. The largest absolute Gasteiger partial charge is 0.356 e. The number of anilines is 1. The van der Waals surface area contributed by atoms with Crippen molar-refractivity contribution < 1.29 is 9.59 Å². The van der Waals surface area contributed by atoms with E-state index in [4.69, 9.17) is 0 Å². The van der Waals surface area contributed by atoms with E-state index in [1.54, 1.807) is 11.8 Å². The molecule has 0 radical (unpaired) electrons. The van der Waals surface area contributed by atoms with Gasteiger partial charge in [-0.05, 0) is 19.6 Å². The van der Waals surface area contributed by atoms with E-state index >= 15 is 0 Å². The fourth-order valence-corrected chi connectivity index (χ4v) is 3.01. The summed E-state index contributed by atoms with van der Waals surface area (Å²) in [4.78, 5) is 27.3. The van der Waals surface area contributed by atoms with Crippen molar-refractivity contribution in [2.45, 2.75) is 37.3 Å². The highest BCUT2D eigenvalue weighted by molar-refractivity contribution is 8.00. The highest BCUT2D eigenvalue weighted by Gasteiger charge is 2.11. The van der Waals surface area contributed by atoms with E-state index in [0.29, 0.717) is 11.7 Å². The number of carbonyl (C=O) groups is 2. The van der Waals surface area contributed by atoms with Crippen molar-refractivity contribution in [1.29, 1.82) is 0 Å². The summed E-state index contributed by atoms with van der Waals surface area (Å²) >= 11 is 3.07. The number of hydrogen-bond acceptors (Lipinski definition) is 5. The van der Waals surface area contributed by atoms with Gasteiger partial charge >= 0.3 is 0 Å². The van der Waals surface area contributed by atoms with Gasteiger partial charge in [0.25, 0.3) is 0 Å². The van der Waals surface area contributed by atoms with Gasteiger partial charge < -0.3 is 10.6 Å². The number of thioether (sulfide) groups is 1. The van der Waals surface area contributed by atoms with Crippen molar-refractivity contribution in [1.82, 2.24) is 10.3 Å². The Bertz CT molecular complexity index is 446. The third-order valence-corrected chi connectivity index (χ3v) is 4.62. The normalized spacial score (nSPS) is 10.3. The average Bonchev–Trinajstić information content (AvgIpc) is 2.73. The molecule has 2 amide bonds. The Morgan fingerprint density at radius 1 is 1.32 bits per heavy atom. The number of nitrogens with zero attached hydrogens (tertiary/aromatic N) is 1. The number of aryl methyl sites for hydroxylation is 1. The minimum atomic E-state index is -0.173. The van der Waals surface area contributed by atoms with E-state index in [2.05, 4.69) is 15.6 Å². The number of aromatic nitrogens is 1. The molecule has 0 aliphatic heterocycles. The minimum absolute atomic E-state index is 0.0860. The summed E-state index contributed by atoms with van der Waals surface area (Å²) in [6.07, 6.45) is 3.27. The van der Waals surface area contributed by atoms with Gasteiger partial charge in [-0.3, -0.25) is 9.59 Å². The van der Waals surface area contributed by atoms with E-state index in [-0.39, 0.29) is 24.7 Å². The van der Waals surface area contributed by atoms with Crippen LogP contribution in [0.1, 0.15) is 31.9 Å². The molecule has 1 aromatic heterocycles. The highest BCUT2D eigenvalue weighted by atomic mass is 32.2. The van der Waals surface area contributed by atoms with Crippen molar-refractivity contribution in [2.75, 3.05) is 18.1 Å². The maximum atomic E-state index is 11.7. The molecule has 0 saturated carbocycles. The molecular formula is C12H19N3O2S2. The van der Waals surface area contributed by atoms with Crippen LogP contribution in [0.4, 0.5) is 5.13 Å². The van der Waals surface area contributed by atoms with Gasteiger partial charge in [-0.15, -0.1) is 11.8 Å². The first-order chi connectivity index (χ1) is 9.06. The van der Waals surface area contributed by atoms with Gasteiger partial charge in [0.05, 0.1) is 9.90 Å². The first-order valence-corrected chi connectivity index (χ1v) is 8.19. The lowest BCUT2D eigenvalue weighted by Crippen LogP contribution is -2.25. The van der Waals surface area contributed by atoms with Gasteiger partial charge in [-0.1, -0.05) is 18.3 Å². The van der Waals surface area contributed by atoms with Crippen molar-refractivity contribution >= 4 is 40.0 Å². The van der Waals surface area contributed by atoms with Crippen molar-refractivity contribution in [2.24, 2.45) is 0 Å². The van der Waals surface area contributed by atoms with Gasteiger partial charge in [0.15, 0.2) is 5.13 Å². The molecule has 0 aliphatic rings. The molecule has 0 bridgehead atoms. The summed E-state index contributed by atoms with van der Waals surface area (Å²) in [5.74, 6) is -0.259. The Morgan fingerprint density at radius 3 is 2.58 bits per heavy atom. The maximum Gasteiger partial charge on any atom is 0.226 e. The van der Waals surface area contributed by atoms with E-state index in [1.807, 2.05) is 20.1 Å². The SMILES string of the molecule is CCCNC(=O)CCC(=O)Nc1nc(C)c(SC)s1. The molecule has 0 fully saturated rings. The van der Waals surface area contributed by atoms with Crippen LogP contribution in [0, 0.1) is 6.92 Å². The Kier molecular flexibility index (Phi) is 6.86. The molecule has 2 N–H and O–H groups in total. The fraction of sp³-hybridized carbons (Fsp3) is 0.583. The van der Waals surface area contributed by atoms with Crippen LogP contribution in [0.3, 0.4) is 0 Å². The zero-order valence-electron chi connectivity index (χ0n) is 11.4. The van der Waals surface area contributed by atoms with E-state index in [0.717, 1.165) is 16.3 Å². The summed E-state index contributed by atoms with van der Waals surface area (Å²) in [7, 11) is 0. The number of hydrogen-bond donors (Lipinski definition) is 2. The minimum Gasteiger partial charge on any atom is -0.356 e. The zero-order chi connectivity index (χ0) is 14.3. The third-order valence-electron chi connectivity index (χ3n) is 2.34. The lowest BCUT2D eigenvalue weighted by molar-refractivity contribution is -0.124. The molecule has 0 atom stereocenters. The number of amides is 2. The molecule has 19 heavy (non-hydrogen) atoms. The molecule has 0 spiro atoms. The molecule has 1 aromatic rings. The van der Waals surface area contributed by atoms with Crippen LogP contribution in [0.15, 0.2) is 4.21 Å². The van der Waals surface area contributed by atoms with Crippen LogP contribution in [-0.4, -0.2) is 29.6 Å². The lowest BCUT2D eigenvalue weighted by atomic mass is 10.3. The number of carbonyl (C=O) groups excluding carboxylic acids is 2. The highest BCUT2D eigenvalue weighted by Crippen LogP contribution is 2.30. The van der Waals surface area contributed by atoms with Crippen molar-refractivity contribution in [3.05, 3.63) is 5.69 Å². The van der Waals surface area contributed by atoms with Crippen LogP contribution in [0.5, 0.6) is 0 Å². The van der Waals surface area contributed by atoms with E-state index in [9.17, 15) is 9.59 Å². The topological polar surface area (TPSA) is 71.1 Å². The quantitative estimate of drug-likeness (QED) is 0.759. The Morgan fingerprint density at radius 2 is 2.00 bits per heavy atom. The first kappa shape index (κ1) is 16.0. The summed E-state index contributed by atoms with van der Waals surface area (Å²) in [6, 6.07) is 0. The van der Waals surface area contributed by atoms with Crippen LogP contribution in [-0.2, 0) is 9.59 Å². The van der Waals surface area contributed by atoms with Gasteiger partial charge in [0.1, 0.15) is 0 Å². The predicted octanol–water partition coefficient (Wildman–Crippen LogP) is 2.42. The smallest absolute Gasteiger partial charge is 0.226 e.